The zero-order chi connectivity index (χ0) is 26.2. The molecular formula is C24H34N4O7. The summed E-state index contributed by atoms with van der Waals surface area (Å²) in [5, 5.41) is 16.7. The van der Waals surface area contributed by atoms with Crippen LogP contribution in [0, 0.1) is 0 Å². The van der Waals surface area contributed by atoms with Crippen LogP contribution in [-0.2, 0) is 19.2 Å². The van der Waals surface area contributed by atoms with Crippen molar-refractivity contribution >= 4 is 42.0 Å². The predicted octanol–water partition coefficient (Wildman–Crippen LogP) is 1.23. The van der Waals surface area contributed by atoms with Gasteiger partial charge < -0.3 is 30.8 Å². The lowest BCUT2D eigenvalue weighted by molar-refractivity contribution is -0.137. The van der Waals surface area contributed by atoms with Gasteiger partial charge in [0.15, 0.2) is 6.29 Å². The molecule has 0 bridgehead atoms. The summed E-state index contributed by atoms with van der Waals surface area (Å²) in [7, 11) is 2.84. The van der Waals surface area contributed by atoms with Crippen LogP contribution in [0.4, 0.5) is 5.69 Å². The van der Waals surface area contributed by atoms with E-state index in [9.17, 15) is 28.8 Å². The maximum Gasteiger partial charge on any atom is 0.303 e. The van der Waals surface area contributed by atoms with Gasteiger partial charge in [0.1, 0.15) is 12.3 Å². The zero-order valence-corrected chi connectivity index (χ0v) is 20.2. The van der Waals surface area contributed by atoms with Gasteiger partial charge >= 0.3 is 5.97 Å². The number of amides is 3. The number of nitrogens with zero attached hydrogens (tertiary/aromatic N) is 1. The second-order valence-corrected chi connectivity index (χ2v) is 7.94. The molecule has 1 unspecified atom stereocenters. The fourth-order valence-corrected chi connectivity index (χ4v) is 3.49. The largest absolute Gasteiger partial charge is 0.481 e. The highest BCUT2D eigenvalue weighted by Gasteiger charge is 2.29. The van der Waals surface area contributed by atoms with Gasteiger partial charge in [-0.15, -0.1) is 0 Å². The van der Waals surface area contributed by atoms with Crippen LogP contribution < -0.4 is 16.0 Å². The number of aldehydes is 2. The van der Waals surface area contributed by atoms with Gasteiger partial charge in [0.2, 0.25) is 11.8 Å². The number of benzene rings is 1. The molecule has 0 fully saturated rings. The van der Waals surface area contributed by atoms with E-state index in [1.165, 1.54) is 25.1 Å². The molecule has 1 rings (SSSR count). The van der Waals surface area contributed by atoms with Crippen molar-refractivity contribution in [2.75, 3.05) is 32.5 Å². The van der Waals surface area contributed by atoms with Crippen molar-refractivity contribution in [2.45, 2.75) is 51.0 Å². The van der Waals surface area contributed by atoms with E-state index in [-0.39, 0.29) is 48.5 Å². The van der Waals surface area contributed by atoms with Crippen molar-refractivity contribution in [3.8, 4) is 0 Å². The number of anilines is 1. The van der Waals surface area contributed by atoms with E-state index in [2.05, 4.69) is 16.0 Å². The number of rotatable bonds is 17. The lowest BCUT2D eigenvalue weighted by Gasteiger charge is -2.27. The molecule has 0 spiro atoms. The third-order valence-corrected chi connectivity index (χ3v) is 5.41. The average Bonchev–Trinajstić information content (AvgIpc) is 2.85. The van der Waals surface area contributed by atoms with Crippen molar-refractivity contribution in [2.24, 2.45) is 0 Å². The highest BCUT2D eigenvalue weighted by molar-refractivity contribution is 6.07. The van der Waals surface area contributed by atoms with E-state index in [1.807, 2.05) is 0 Å². The molecule has 0 heterocycles. The molecule has 0 aromatic heterocycles. The first-order valence-electron chi connectivity index (χ1n) is 11.5. The second kappa shape index (κ2) is 16.0. The van der Waals surface area contributed by atoms with Crippen LogP contribution in [0.15, 0.2) is 18.2 Å². The molecule has 11 nitrogen and oxygen atoms in total. The number of unbranched alkanes of at least 4 members (excludes halogenated alkanes) is 3. The monoisotopic (exact) mass is 490 g/mol. The number of carbonyl (C=O) groups excluding carboxylic acids is 5. The smallest absolute Gasteiger partial charge is 0.303 e. The maximum atomic E-state index is 13.3. The van der Waals surface area contributed by atoms with E-state index in [4.69, 9.17) is 5.11 Å². The van der Waals surface area contributed by atoms with Crippen molar-refractivity contribution in [3.05, 3.63) is 29.3 Å². The second-order valence-electron chi connectivity index (χ2n) is 7.94. The van der Waals surface area contributed by atoms with Gasteiger partial charge in [-0.1, -0.05) is 25.0 Å². The van der Waals surface area contributed by atoms with Crippen LogP contribution in [-0.4, -0.2) is 79.5 Å². The lowest BCUT2D eigenvalue weighted by Crippen LogP contribution is -2.47. The Bertz CT molecular complexity index is 904. The van der Waals surface area contributed by atoms with Crippen LogP contribution >= 0.6 is 0 Å². The number of nitrogens with one attached hydrogen (secondary N) is 3. The molecule has 192 valence electrons. The summed E-state index contributed by atoms with van der Waals surface area (Å²) in [6.45, 7) is 0.288. The quantitative estimate of drug-likeness (QED) is 0.187. The molecule has 0 radical (unpaired) electrons. The van der Waals surface area contributed by atoms with Gasteiger partial charge in [-0.25, -0.2) is 0 Å². The summed E-state index contributed by atoms with van der Waals surface area (Å²) in [4.78, 5) is 71.9. The van der Waals surface area contributed by atoms with Crippen LogP contribution in [0.3, 0.4) is 0 Å². The van der Waals surface area contributed by atoms with E-state index < -0.39 is 23.8 Å². The van der Waals surface area contributed by atoms with E-state index in [0.29, 0.717) is 32.0 Å². The number of carboxylic acids is 1. The van der Waals surface area contributed by atoms with Crippen molar-refractivity contribution < 1.29 is 33.9 Å². The fourth-order valence-electron chi connectivity index (χ4n) is 3.49. The minimum Gasteiger partial charge on any atom is -0.481 e. The van der Waals surface area contributed by atoms with Gasteiger partial charge in [0, 0.05) is 44.7 Å². The normalized spacial score (nSPS) is 11.1. The van der Waals surface area contributed by atoms with Gasteiger partial charge in [0.05, 0.1) is 12.1 Å². The topological polar surface area (TPSA) is 162 Å². The lowest BCUT2D eigenvalue weighted by atomic mass is 10.0. The summed E-state index contributed by atoms with van der Waals surface area (Å²) in [5.74, 6) is -2.18. The molecule has 0 saturated heterocycles. The molecule has 3 amide bonds. The highest BCUT2D eigenvalue weighted by atomic mass is 16.4. The Hall–Kier alpha value is -3.76. The summed E-state index contributed by atoms with van der Waals surface area (Å²) in [5.41, 5.74) is 0.386. The Balaban J connectivity index is 2.81. The first kappa shape index (κ1) is 29.3. The van der Waals surface area contributed by atoms with Gasteiger partial charge in [0.25, 0.3) is 5.91 Å². The third-order valence-electron chi connectivity index (χ3n) is 5.41. The Morgan fingerprint density at radius 2 is 1.80 bits per heavy atom. The molecule has 11 heteroatoms. The number of likely N-dealkylation sites (N-methyl/N-ethyl adjacent to an activating group) is 2. The first-order chi connectivity index (χ1) is 16.8. The number of hydrogen-bond donors (Lipinski definition) is 4. The summed E-state index contributed by atoms with van der Waals surface area (Å²) in [6, 6.07) is 3.68. The predicted molar refractivity (Wildman–Crippen MR) is 129 cm³/mol. The molecule has 1 aromatic carbocycles. The minimum absolute atomic E-state index is 0.0243. The van der Waals surface area contributed by atoms with Crippen LogP contribution in [0.2, 0.25) is 0 Å². The first-order valence-corrected chi connectivity index (χ1v) is 11.5. The molecular weight excluding hydrogens is 456 g/mol. The standard InChI is InChI=1S/C24H34N4O7/c1-25-23(34)19(11-8-14-29)28(2)24(35)22-17(16-30)9-7-10-18(22)27-15-20(31)26-13-6-4-3-5-12-21(32)33/h7,9-10,14,16,19,27H,3-6,8,11-13,15H2,1-2H3,(H,25,34)(H,26,31)(H,32,33). The number of carbonyl (C=O) groups is 6. The molecule has 1 atom stereocenters. The van der Waals surface area contributed by atoms with Gasteiger partial charge in [-0.2, -0.15) is 0 Å². The fraction of sp³-hybridized carbons (Fsp3) is 0.500. The summed E-state index contributed by atoms with van der Waals surface area (Å²) < 4.78 is 0. The summed E-state index contributed by atoms with van der Waals surface area (Å²) >= 11 is 0. The number of hydrogen-bond acceptors (Lipinski definition) is 7. The highest BCUT2D eigenvalue weighted by Crippen LogP contribution is 2.22. The third kappa shape index (κ3) is 9.95. The van der Waals surface area contributed by atoms with Crippen molar-refractivity contribution in [1.82, 2.24) is 15.5 Å². The Morgan fingerprint density at radius 3 is 2.43 bits per heavy atom. The van der Waals surface area contributed by atoms with Crippen molar-refractivity contribution in [1.29, 1.82) is 0 Å². The van der Waals surface area contributed by atoms with E-state index in [1.54, 1.807) is 12.1 Å². The molecule has 0 aliphatic carbocycles. The van der Waals surface area contributed by atoms with Crippen LogP contribution in [0.25, 0.3) is 0 Å². The van der Waals surface area contributed by atoms with E-state index in [0.717, 1.165) is 12.8 Å². The molecule has 35 heavy (non-hydrogen) atoms. The summed E-state index contributed by atoms with van der Waals surface area (Å²) in [6.07, 6.45) is 4.39. The average molecular weight is 491 g/mol. The van der Waals surface area contributed by atoms with Crippen LogP contribution in [0.5, 0.6) is 0 Å². The number of carboxylic acid groups (broad SMARTS) is 1. The SMILES string of the molecule is CNC(=O)C(CCC=O)N(C)C(=O)c1c(C=O)cccc1NCC(=O)NCCCCCCC(=O)O. The van der Waals surface area contributed by atoms with Gasteiger partial charge in [-0.3, -0.25) is 24.0 Å². The Morgan fingerprint density at radius 1 is 1.09 bits per heavy atom. The molecule has 0 saturated carbocycles. The minimum atomic E-state index is -0.913. The Labute approximate surface area is 204 Å². The van der Waals surface area contributed by atoms with Crippen molar-refractivity contribution in [3.63, 3.8) is 0 Å². The zero-order valence-electron chi connectivity index (χ0n) is 20.2. The number of aliphatic carboxylic acids is 1. The molecule has 1 aromatic rings. The van der Waals surface area contributed by atoms with Gasteiger partial charge in [-0.05, 0) is 25.3 Å². The Kier molecular flexibility index (Phi) is 13.4. The maximum absolute atomic E-state index is 13.3. The van der Waals surface area contributed by atoms with Crippen LogP contribution in [0.1, 0.15) is 65.7 Å². The van der Waals surface area contributed by atoms with E-state index >= 15 is 0 Å². The molecule has 4 N–H and O–H groups in total. The molecule has 0 aliphatic rings. The molecule has 0 aliphatic heterocycles.